The number of hydrogen-bond acceptors (Lipinski definition) is 4. The molecule has 138 valence electrons. The first-order valence-electron chi connectivity index (χ1n) is 9.20. The summed E-state index contributed by atoms with van der Waals surface area (Å²) in [5.41, 5.74) is 2.10. The van der Waals surface area contributed by atoms with Crippen molar-refractivity contribution in [3.05, 3.63) is 40.3 Å². The molecule has 0 aliphatic carbocycles. The van der Waals surface area contributed by atoms with Crippen LogP contribution in [0.1, 0.15) is 43.7 Å². The molecule has 0 spiro atoms. The fourth-order valence-corrected chi connectivity index (χ4v) is 4.03. The number of likely N-dealkylation sites (tertiary alicyclic amines) is 1. The van der Waals surface area contributed by atoms with Crippen LogP contribution in [0.4, 0.5) is 4.79 Å². The summed E-state index contributed by atoms with van der Waals surface area (Å²) in [5, 5.41) is -0.366. The molecule has 2 heterocycles. The molecule has 0 atom stereocenters. The number of thioether (sulfide) groups is 1. The zero-order valence-electron chi connectivity index (χ0n) is 15.1. The van der Waals surface area contributed by atoms with Crippen molar-refractivity contribution in [2.75, 3.05) is 19.6 Å². The Bertz CT molecular complexity index is 719. The highest BCUT2D eigenvalue weighted by atomic mass is 32.2. The van der Waals surface area contributed by atoms with Crippen LogP contribution in [0.15, 0.2) is 29.2 Å². The van der Waals surface area contributed by atoms with Crippen LogP contribution < -0.4 is 0 Å². The lowest BCUT2D eigenvalue weighted by Gasteiger charge is -2.22. The lowest BCUT2D eigenvalue weighted by atomic mass is 10.1. The molecular weight excluding hydrogens is 348 g/mol. The molecule has 0 saturated carbocycles. The van der Waals surface area contributed by atoms with Crippen molar-refractivity contribution in [1.82, 2.24) is 9.80 Å². The molecule has 2 aliphatic heterocycles. The second-order valence-corrected chi connectivity index (χ2v) is 7.65. The molecule has 0 radical (unpaired) electrons. The largest absolute Gasteiger partial charge is 0.341 e. The SMILES string of the molecule is CCc1ccc(/C=C2\SC(=O)N(CC(=O)N3CCCCCC3)C2=O)cc1. The Morgan fingerprint density at radius 2 is 1.73 bits per heavy atom. The normalized spacial score (nSPS) is 20.0. The van der Waals surface area contributed by atoms with Gasteiger partial charge in [-0.1, -0.05) is 44.0 Å². The minimum Gasteiger partial charge on any atom is -0.341 e. The summed E-state index contributed by atoms with van der Waals surface area (Å²) in [7, 11) is 0. The van der Waals surface area contributed by atoms with Crippen molar-refractivity contribution in [3.8, 4) is 0 Å². The molecule has 2 saturated heterocycles. The first kappa shape index (κ1) is 18.7. The van der Waals surface area contributed by atoms with Crippen LogP contribution >= 0.6 is 11.8 Å². The van der Waals surface area contributed by atoms with Crippen LogP contribution in [0.2, 0.25) is 0 Å². The number of rotatable bonds is 4. The molecule has 6 heteroatoms. The van der Waals surface area contributed by atoms with Gasteiger partial charge >= 0.3 is 0 Å². The zero-order chi connectivity index (χ0) is 18.5. The predicted octanol–water partition coefficient (Wildman–Crippen LogP) is 3.69. The molecule has 5 nitrogen and oxygen atoms in total. The Balaban J connectivity index is 1.67. The van der Waals surface area contributed by atoms with E-state index in [1.165, 1.54) is 5.56 Å². The van der Waals surface area contributed by atoms with Crippen molar-refractivity contribution in [2.45, 2.75) is 39.0 Å². The van der Waals surface area contributed by atoms with E-state index in [0.29, 0.717) is 18.0 Å². The van der Waals surface area contributed by atoms with Crippen LogP contribution in [0.5, 0.6) is 0 Å². The number of nitrogens with zero attached hydrogens (tertiary/aromatic N) is 2. The average molecular weight is 372 g/mol. The van der Waals surface area contributed by atoms with E-state index < -0.39 is 0 Å². The van der Waals surface area contributed by atoms with Gasteiger partial charge < -0.3 is 4.90 Å². The molecule has 0 bridgehead atoms. The maximum absolute atomic E-state index is 12.6. The Hall–Kier alpha value is -2.08. The van der Waals surface area contributed by atoms with E-state index in [9.17, 15) is 14.4 Å². The van der Waals surface area contributed by atoms with Crippen molar-refractivity contribution in [2.24, 2.45) is 0 Å². The highest BCUT2D eigenvalue weighted by Crippen LogP contribution is 2.32. The summed E-state index contributed by atoms with van der Waals surface area (Å²) in [6.45, 7) is 3.36. The summed E-state index contributed by atoms with van der Waals surface area (Å²) in [6.07, 6.45) is 6.91. The minimum absolute atomic E-state index is 0.136. The molecule has 3 rings (SSSR count). The number of benzene rings is 1. The molecule has 0 unspecified atom stereocenters. The summed E-state index contributed by atoms with van der Waals surface area (Å²) in [4.78, 5) is 40.5. The van der Waals surface area contributed by atoms with Crippen molar-refractivity contribution in [1.29, 1.82) is 0 Å². The van der Waals surface area contributed by atoms with Gasteiger partial charge in [-0.05, 0) is 48.2 Å². The summed E-state index contributed by atoms with van der Waals surface area (Å²) in [6, 6.07) is 7.91. The molecule has 1 aromatic carbocycles. The van der Waals surface area contributed by atoms with Gasteiger partial charge in [0.05, 0.1) is 4.91 Å². The lowest BCUT2D eigenvalue weighted by Crippen LogP contribution is -2.42. The first-order chi connectivity index (χ1) is 12.6. The Labute approximate surface area is 158 Å². The van der Waals surface area contributed by atoms with E-state index in [1.807, 2.05) is 24.3 Å². The topological polar surface area (TPSA) is 57.7 Å². The molecule has 0 N–H and O–H groups in total. The zero-order valence-corrected chi connectivity index (χ0v) is 15.9. The smallest absolute Gasteiger partial charge is 0.294 e. The van der Waals surface area contributed by atoms with Gasteiger partial charge in [0.2, 0.25) is 5.91 Å². The average Bonchev–Trinajstić information content (AvgIpc) is 2.86. The number of amides is 3. The number of imide groups is 1. The van der Waals surface area contributed by atoms with Gasteiger partial charge in [0.25, 0.3) is 11.1 Å². The van der Waals surface area contributed by atoms with Crippen LogP contribution in [0, 0.1) is 0 Å². The van der Waals surface area contributed by atoms with Crippen LogP contribution in [0.3, 0.4) is 0 Å². The van der Waals surface area contributed by atoms with Crippen LogP contribution in [-0.2, 0) is 16.0 Å². The predicted molar refractivity (Wildman–Crippen MR) is 104 cm³/mol. The standard InChI is InChI=1S/C20H24N2O3S/c1-2-15-7-9-16(10-8-15)13-17-19(24)22(20(25)26-17)14-18(23)21-11-5-3-4-6-12-21/h7-10,13H,2-6,11-12,14H2,1H3/b17-13-. The molecule has 1 aromatic rings. The third-order valence-corrected chi connectivity index (χ3v) is 5.72. The van der Waals surface area contributed by atoms with E-state index >= 15 is 0 Å². The molecule has 0 aromatic heterocycles. The summed E-state index contributed by atoms with van der Waals surface area (Å²) in [5.74, 6) is -0.509. The summed E-state index contributed by atoms with van der Waals surface area (Å²) < 4.78 is 0. The highest BCUT2D eigenvalue weighted by molar-refractivity contribution is 8.18. The third-order valence-electron chi connectivity index (χ3n) is 4.81. The van der Waals surface area contributed by atoms with Crippen LogP contribution in [0.25, 0.3) is 6.08 Å². The third kappa shape index (κ3) is 4.36. The van der Waals surface area contributed by atoms with Crippen LogP contribution in [-0.4, -0.2) is 46.5 Å². The molecule has 26 heavy (non-hydrogen) atoms. The Morgan fingerprint density at radius 3 is 2.35 bits per heavy atom. The van der Waals surface area contributed by atoms with Crippen molar-refractivity contribution < 1.29 is 14.4 Å². The molecular formula is C20H24N2O3S. The quantitative estimate of drug-likeness (QED) is 0.757. The fourth-order valence-electron chi connectivity index (χ4n) is 3.19. The van der Waals surface area contributed by atoms with Crippen molar-refractivity contribution in [3.63, 3.8) is 0 Å². The number of carbonyl (C=O) groups is 3. The number of aryl methyl sites for hydroxylation is 1. The first-order valence-corrected chi connectivity index (χ1v) is 10.0. The van der Waals surface area contributed by atoms with Gasteiger partial charge in [0.1, 0.15) is 6.54 Å². The number of carbonyl (C=O) groups excluding carboxylic acids is 3. The lowest BCUT2D eigenvalue weighted by molar-refractivity contribution is -0.135. The van der Waals surface area contributed by atoms with Crippen molar-refractivity contribution >= 4 is 34.9 Å². The maximum Gasteiger partial charge on any atom is 0.294 e. The van der Waals surface area contributed by atoms with Gasteiger partial charge in [0, 0.05) is 13.1 Å². The minimum atomic E-state index is -0.372. The Kier molecular flexibility index (Phi) is 6.14. The van der Waals surface area contributed by atoms with E-state index in [0.717, 1.165) is 54.3 Å². The maximum atomic E-state index is 12.6. The highest BCUT2D eigenvalue weighted by Gasteiger charge is 2.37. The second kappa shape index (κ2) is 8.54. The second-order valence-electron chi connectivity index (χ2n) is 6.66. The molecule has 2 fully saturated rings. The van der Waals surface area contributed by atoms with E-state index in [2.05, 4.69) is 6.92 Å². The number of hydrogen-bond donors (Lipinski definition) is 0. The van der Waals surface area contributed by atoms with Gasteiger partial charge in [-0.25, -0.2) is 0 Å². The Morgan fingerprint density at radius 1 is 1.08 bits per heavy atom. The van der Waals surface area contributed by atoms with E-state index in [-0.39, 0.29) is 23.6 Å². The fraction of sp³-hybridized carbons (Fsp3) is 0.450. The van der Waals surface area contributed by atoms with E-state index in [1.54, 1.807) is 11.0 Å². The van der Waals surface area contributed by atoms with Gasteiger partial charge in [-0.15, -0.1) is 0 Å². The van der Waals surface area contributed by atoms with Gasteiger partial charge in [-0.3, -0.25) is 19.3 Å². The van der Waals surface area contributed by atoms with Gasteiger partial charge in [-0.2, -0.15) is 0 Å². The van der Waals surface area contributed by atoms with E-state index in [4.69, 9.17) is 0 Å². The molecule has 3 amide bonds. The summed E-state index contributed by atoms with van der Waals surface area (Å²) >= 11 is 0.907. The van der Waals surface area contributed by atoms with Gasteiger partial charge in [0.15, 0.2) is 0 Å². The molecule has 2 aliphatic rings. The monoisotopic (exact) mass is 372 g/mol.